The fourth-order valence-electron chi connectivity index (χ4n) is 2.67. The monoisotopic (exact) mass is 258 g/mol. The molecule has 4 heteroatoms. The molecular formula is C15H18N2O2. The molecule has 0 radical (unpaired) electrons. The molecule has 0 spiro atoms. The number of hydrogen-bond donors (Lipinski definition) is 1. The molecule has 1 aliphatic rings. The van der Waals surface area contributed by atoms with E-state index >= 15 is 0 Å². The molecule has 2 aromatic rings. The van der Waals surface area contributed by atoms with Crippen LogP contribution in [0.2, 0.25) is 0 Å². The highest BCUT2D eigenvalue weighted by Gasteiger charge is 2.25. The average molecular weight is 258 g/mol. The molecule has 1 unspecified atom stereocenters. The minimum Gasteiger partial charge on any atom is -0.464 e. The van der Waals surface area contributed by atoms with Crippen molar-refractivity contribution in [1.29, 1.82) is 0 Å². The second-order valence-electron chi connectivity index (χ2n) is 5.14. The van der Waals surface area contributed by atoms with Crippen molar-refractivity contribution in [1.82, 2.24) is 10.2 Å². The van der Waals surface area contributed by atoms with Crippen LogP contribution in [0.4, 0.5) is 0 Å². The number of carbonyl (C=O) groups is 1. The molecule has 1 aromatic carbocycles. The number of fused-ring (bicyclic) bond motifs is 1. The Balaban J connectivity index is 1.75. The Kier molecular flexibility index (Phi) is 3.25. The van der Waals surface area contributed by atoms with E-state index in [2.05, 4.69) is 5.32 Å². The van der Waals surface area contributed by atoms with Crippen LogP contribution in [-0.4, -0.2) is 30.9 Å². The number of amides is 1. The summed E-state index contributed by atoms with van der Waals surface area (Å²) in [7, 11) is 1.86. The van der Waals surface area contributed by atoms with Crippen LogP contribution in [-0.2, 0) is 11.3 Å². The van der Waals surface area contributed by atoms with Gasteiger partial charge < -0.3 is 14.6 Å². The Morgan fingerprint density at radius 3 is 3.11 bits per heavy atom. The first-order valence-corrected chi connectivity index (χ1v) is 6.66. The third-order valence-corrected chi connectivity index (χ3v) is 3.75. The Bertz CT molecular complexity index is 585. The summed E-state index contributed by atoms with van der Waals surface area (Å²) in [6.45, 7) is 2.35. The molecule has 100 valence electrons. The van der Waals surface area contributed by atoms with Gasteiger partial charge in [-0.25, -0.2) is 0 Å². The van der Waals surface area contributed by atoms with Crippen LogP contribution in [0.15, 0.2) is 34.9 Å². The van der Waals surface area contributed by atoms with Gasteiger partial charge >= 0.3 is 0 Å². The number of furan rings is 1. The van der Waals surface area contributed by atoms with Gasteiger partial charge in [0.05, 0.1) is 12.2 Å². The van der Waals surface area contributed by atoms with Gasteiger partial charge in [-0.2, -0.15) is 0 Å². The summed E-state index contributed by atoms with van der Waals surface area (Å²) >= 11 is 0. The van der Waals surface area contributed by atoms with Crippen molar-refractivity contribution >= 4 is 16.9 Å². The van der Waals surface area contributed by atoms with Crippen molar-refractivity contribution in [2.75, 3.05) is 20.1 Å². The fourth-order valence-corrected chi connectivity index (χ4v) is 2.67. The molecule has 3 rings (SSSR count). The van der Waals surface area contributed by atoms with Gasteiger partial charge in [0.2, 0.25) is 5.91 Å². The third kappa shape index (κ3) is 2.36. The highest BCUT2D eigenvalue weighted by atomic mass is 16.3. The van der Waals surface area contributed by atoms with Crippen molar-refractivity contribution in [3.05, 3.63) is 36.1 Å². The predicted octanol–water partition coefficient (Wildman–Crippen LogP) is 2.00. The molecule has 0 aliphatic carbocycles. The van der Waals surface area contributed by atoms with Crippen LogP contribution in [0.1, 0.15) is 12.0 Å². The van der Waals surface area contributed by atoms with E-state index in [1.54, 1.807) is 11.2 Å². The Morgan fingerprint density at radius 1 is 1.47 bits per heavy atom. The lowest BCUT2D eigenvalue weighted by Gasteiger charge is -2.20. The van der Waals surface area contributed by atoms with Crippen LogP contribution >= 0.6 is 0 Å². The van der Waals surface area contributed by atoms with Gasteiger partial charge in [0, 0.05) is 31.1 Å². The lowest BCUT2D eigenvalue weighted by molar-refractivity contribution is -0.134. The summed E-state index contributed by atoms with van der Waals surface area (Å²) in [4.78, 5) is 14.1. The van der Waals surface area contributed by atoms with E-state index < -0.39 is 0 Å². The number of para-hydroxylation sites is 1. The van der Waals surface area contributed by atoms with Gasteiger partial charge in [-0.3, -0.25) is 4.79 Å². The van der Waals surface area contributed by atoms with Gasteiger partial charge in [-0.15, -0.1) is 0 Å². The smallest absolute Gasteiger partial charge is 0.227 e. The third-order valence-electron chi connectivity index (χ3n) is 3.75. The van der Waals surface area contributed by atoms with Crippen molar-refractivity contribution in [2.24, 2.45) is 5.92 Å². The second kappa shape index (κ2) is 5.05. The molecule has 19 heavy (non-hydrogen) atoms. The zero-order valence-corrected chi connectivity index (χ0v) is 11.1. The second-order valence-corrected chi connectivity index (χ2v) is 5.14. The summed E-state index contributed by atoms with van der Waals surface area (Å²) in [5.74, 6) is 0.346. The van der Waals surface area contributed by atoms with Crippen LogP contribution in [0.5, 0.6) is 0 Å². The molecule has 1 aromatic heterocycles. The van der Waals surface area contributed by atoms with E-state index in [-0.39, 0.29) is 11.8 Å². The zero-order chi connectivity index (χ0) is 13.2. The largest absolute Gasteiger partial charge is 0.464 e. The summed E-state index contributed by atoms with van der Waals surface area (Å²) in [6, 6.07) is 7.92. The topological polar surface area (TPSA) is 45.5 Å². The standard InChI is InChI=1S/C15H18N2O2/c1-17(15(18)11-6-7-16-8-11)9-12-10-19-14-5-3-2-4-13(12)14/h2-5,10-11,16H,6-9H2,1H3. The van der Waals surface area contributed by atoms with E-state index in [9.17, 15) is 4.79 Å². The molecule has 0 bridgehead atoms. The Hall–Kier alpha value is -1.81. The Labute approximate surface area is 112 Å². The summed E-state index contributed by atoms with van der Waals surface area (Å²) in [5.41, 5.74) is 1.94. The number of benzene rings is 1. The van der Waals surface area contributed by atoms with E-state index in [0.717, 1.165) is 36.0 Å². The normalized spacial score (nSPS) is 18.9. The molecule has 1 amide bonds. The molecule has 2 heterocycles. The maximum absolute atomic E-state index is 12.3. The highest BCUT2D eigenvalue weighted by Crippen LogP contribution is 2.22. The summed E-state index contributed by atoms with van der Waals surface area (Å²) in [6.07, 6.45) is 2.69. The molecule has 4 nitrogen and oxygen atoms in total. The lowest BCUT2D eigenvalue weighted by atomic mass is 10.1. The lowest BCUT2D eigenvalue weighted by Crippen LogP contribution is -2.33. The number of hydrogen-bond acceptors (Lipinski definition) is 3. The number of nitrogens with zero attached hydrogens (tertiary/aromatic N) is 1. The fraction of sp³-hybridized carbons (Fsp3) is 0.400. The van der Waals surface area contributed by atoms with E-state index in [1.807, 2.05) is 31.3 Å². The minimum atomic E-state index is 0.128. The average Bonchev–Trinajstić information content (AvgIpc) is 3.08. The first kappa shape index (κ1) is 12.2. The SMILES string of the molecule is CN(Cc1coc2ccccc12)C(=O)C1CCNC1. The van der Waals surface area contributed by atoms with Crippen LogP contribution < -0.4 is 5.32 Å². The van der Waals surface area contributed by atoms with Crippen molar-refractivity contribution in [3.63, 3.8) is 0 Å². The minimum absolute atomic E-state index is 0.128. The first-order chi connectivity index (χ1) is 9.25. The molecule has 0 saturated carbocycles. The van der Waals surface area contributed by atoms with Crippen molar-refractivity contribution in [3.8, 4) is 0 Å². The van der Waals surface area contributed by atoms with Crippen LogP contribution in [0.3, 0.4) is 0 Å². The summed E-state index contributed by atoms with van der Waals surface area (Å²) < 4.78 is 5.50. The van der Waals surface area contributed by atoms with Crippen LogP contribution in [0, 0.1) is 5.92 Å². The number of rotatable bonds is 3. The number of carbonyl (C=O) groups excluding carboxylic acids is 1. The quantitative estimate of drug-likeness (QED) is 0.916. The van der Waals surface area contributed by atoms with E-state index in [0.29, 0.717) is 6.54 Å². The maximum atomic E-state index is 12.3. The van der Waals surface area contributed by atoms with E-state index in [4.69, 9.17) is 4.42 Å². The molecule has 1 fully saturated rings. The first-order valence-electron chi connectivity index (χ1n) is 6.66. The van der Waals surface area contributed by atoms with Gasteiger partial charge in [0.15, 0.2) is 0 Å². The molecule has 1 N–H and O–H groups in total. The number of nitrogens with one attached hydrogen (secondary N) is 1. The molecule has 1 atom stereocenters. The van der Waals surface area contributed by atoms with Gasteiger partial charge in [0.25, 0.3) is 0 Å². The predicted molar refractivity (Wildman–Crippen MR) is 73.7 cm³/mol. The van der Waals surface area contributed by atoms with Gasteiger partial charge in [-0.1, -0.05) is 18.2 Å². The summed E-state index contributed by atoms with van der Waals surface area (Å²) in [5, 5.41) is 4.32. The molecule has 1 aliphatic heterocycles. The zero-order valence-electron chi connectivity index (χ0n) is 11.1. The highest BCUT2D eigenvalue weighted by molar-refractivity contribution is 5.83. The van der Waals surface area contributed by atoms with Crippen LogP contribution in [0.25, 0.3) is 11.0 Å². The molecular weight excluding hydrogens is 240 g/mol. The maximum Gasteiger partial charge on any atom is 0.227 e. The van der Waals surface area contributed by atoms with Gasteiger partial charge in [0.1, 0.15) is 5.58 Å². The Morgan fingerprint density at radius 2 is 2.32 bits per heavy atom. The van der Waals surface area contributed by atoms with Gasteiger partial charge in [-0.05, 0) is 19.0 Å². The van der Waals surface area contributed by atoms with Crippen molar-refractivity contribution < 1.29 is 9.21 Å². The van der Waals surface area contributed by atoms with Crippen molar-refractivity contribution in [2.45, 2.75) is 13.0 Å². The molecule has 1 saturated heterocycles. The van der Waals surface area contributed by atoms with E-state index in [1.165, 1.54) is 0 Å².